The smallest absolute Gasteiger partial charge is 0.299 e. The lowest BCUT2D eigenvalue weighted by Gasteiger charge is -1.96. The van der Waals surface area contributed by atoms with E-state index in [0.717, 1.165) is 0 Å². The average molecular weight is 109 g/mol. The van der Waals surface area contributed by atoms with Crippen molar-refractivity contribution in [1.82, 2.24) is 0 Å². The molecule has 1 radical (unpaired) electrons. The van der Waals surface area contributed by atoms with Crippen LogP contribution in [0.2, 0.25) is 0 Å². The van der Waals surface area contributed by atoms with Crippen LogP contribution < -0.4 is 0 Å². The normalized spacial score (nSPS) is 10.3. The van der Waals surface area contributed by atoms with E-state index < -0.39 is 13.0 Å². The molecule has 0 heterocycles. The second-order valence-electron chi connectivity index (χ2n) is 0.922. The molecule has 43 valence electrons. The Morgan fingerprint density at radius 3 is 2.43 bits per heavy atom. The maximum atomic E-state index is 11.5. The van der Waals surface area contributed by atoms with E-state index in [1.165, 1.54) is 0 Å². The molecule has 0 unspecified atom stereocenters. The summed E-state index contributed by atoms with van der Waals surface area (Å²) in [5.74, 6) is 0. The monoisotopic (exact) mass is 109 g/mol. The van der Waals surface area contributed by atoms with E-state index in [1.807, 2.05) is 0 Å². The Balaban J connectivity index is 2.83. The van der Waals surface area contributed by atoms with E-state index >= 15 is 0 Å². The van der Waals surface area contributed by atoms with Gasteiger partial charge in [0.05, 0.1) is 0 Å². The third-order valence-electron chi connectivity index (χ3n) is 0.406. The van der Waals surface area contributed by atoms with Crippen LogP contribution in [0.4, 0.5) is 8.78 Å². The van der Waals surface area contributed by atoms with Gasteiger partial charge in [-0.3, -0.25) is 0 Å². The molecule has 3 heteroatoms. The van der Waals surface area contributed by atoms with Gasteiger partial charge in [-0.1, -0.05) is 0 Å². The van der Waals surface area contributed by atoms with Crippen LogP contribution in [0.5, 0.6) is 0 Å². The zero-order chi connectivity index (χ0) is 5.70. The van der Waals surface area contributed by atoms with Crippen molar-refractivity contribution in [1.29, 1.82) is 0 Å². The summed E-state index contributed by atoms with van der Waals surface area (Å²) in [4.78, 5) is 0. The quantitative estimate of drug-likeness (QED) is 0.533. The lowest BCUT2D eigenvalue weighted by molar-refractivity contribution is 0.0527. The molecular weight excluding hydrogens is 102 g/mol. The van der Waals surface area contributed by atoms with Gasteiger partial charge in [0.25, 0.3) is 6.36 Å². The van der Waals surface area contributed by atoms with Crippen LogP contribution in [0.15, 0.2) is 0 Å². The second-order valence-corrected chi connectivity index (χ2v) is 0.922. The van der Waals surface area contributed by atoms with Crippen molar-refractivity contribution < 1.29 is 13.5 Å². The van der Waals surface area contributed by atoms with E-state index in [2.05, 4.69) is 4.74 Å². The van der Waals surface area contributed by atoms with Gasteiger partial charge in [0.2, 0.25) is 0 Å². The summed E-state index contributed by atoms with van der Waals surface area (Å²) in [6, 6.07) is 0. The van der Waals surface area contributed by atoms with E-state index in [-0.39, 0.29) is 6.61 Å². The number of ether oxygens (including phenoxy) is 1. The molecule has 7 heavy (non-hydrogen) atoms. The van der Waals surface area contributed by atoms with Crippen LogP contribution in [0.25, 0.3) is 0 Å². The molecular formula is C4H7F2O. The Morgan fingerprint density at radius 2 is 2.29 bits per heavy atom. The molecule has 0 aliphatic carbocycles. The Labute approximate surface area is 41.3 Å². The van der Waals surface area contributed by atoms with Gasteiger partial charge in [0.15, 0.2) is 6.67 Å². The molecule has 0 aliphatic heterocycles. The minimum Gasteiger partial charge on any atom is -0.340 e. The maximum Gasteiger partial charge on any atom is 0.299 e. The van der Waals surface area contributed by atoms with Gasteiger partial charge < -0.3 is 4.74 Å². The van der Waals surface area contributed by atoms with E-state index in [1.54, 1.807) is 6.92 Å². The minimum absolute atomic E-state index is 0.190. The first-order valence-corrected chi connectivity index (χ1v) is 2.01. The van der Waals surface area contributed by atoms with Gasteiger partial charge in [-0.25, -0.2) is 8.78 Å². The van der Waals surface area contributed by atoms with Crippen molar-refractivity contribution in [2.75, 3.05) is 13.3 Å². The highest BCUT2D eigenvalue weighted by Gasteiger charge is 2.03. The predicted molar refractivity (Wildman–Crippen MR) is 22.0 cm³/mol. The number of rotatable bonds is 3. The molecule has 0 fully saturated rings. The molecule has 0 atom stereocenters. The summed E-state index contributed by atoms with van der Waals surface area (Å²) in [5.41, 5.74) is 0. The van der Waals surface area contributed by atoms with Crippen LogP contribution in [-0.2, 0) is 4.74 Å². The number of halogens is 2. The number of alkyl halides is 1. The summed E-state index contributed by atoms with van der Waals surface area (Å²) in [5, 5.41) is 0. The standard InChI is InChI=1S/C4H7F2O/c1-2-7-4(6)3-5/h2-3H2,1H3. The van der Waals surface area contributed by atoms with E-state index in [4.69, 9.17) is 0 Å². The van der Waals surface area contributed by atoms with Gasteiger partial charge in [-0.15, -0.1) is 0 Å². The molecule has 0 aliphatic rings. The molecule has 0 bridgehead atoms. The van der Waals surface area contributed by atoms with Crippen molar-refractivity contribution in [2.45, 2.75) is 6.92 Å². The summed E-state index contributed by atoms with van der Waals surface area (Å²) in [6.45, 7) is 0.652. The van der Waals surface area contributed by atoms with Crippen LogP contribution in [-0.4, -0.2) is 13.3 Å². The van der Waals surface area contributed by atoms with E-state index in [9.17, 15) is 8.78 Å². The highest BCUT2D eigenvalue weighted by atomic mass is 19.2. The fourth-order valence-corrected chi connectivity index (χ4v) is 0.195. The summed E-state index contributed by atoms with van der Waals surface area (Å²) >= 11 is 0. The van der Waals surface area contributed by atoms with Crippen molar-refractivity contribution in [3.05, 3.63) is 6.36 Å². The Hall–Kier alpha value is -0.180. The van der Waals surface area contributed by atoms with Gasteiger partial charge in [0.1, 0.15) is 0 Å². The van der Waals surface area contributed by atoms with Crippen molar-refractivity contribution >= 4 is 0 Å². The number of hydrogen-bond donors (Lipinski definition) is 0. The Kier molecular flexibility index (Phi) is 3.89. The molecule has 0 rings (SSSR count). The first kappa shape index (κ1) is 6.82. The topological polar surface area (TPSA) is 9.23 Å². The van der Waals surface area contributed by atoms with Crippen LogP contribution >= 0.6 is 0 Å². The van der Waals surface area contributed by atoms with Gasteiger partial charge >= 0.3 is 0 Å². The highest BCUT2D eigenvalue weighted by Crippen LogP contribution is 2.02. The van der Waals surface area contributed by atoms with Crippen molar-refractivity contribution in [3.63, 3.8) is 0 Å². The van der Waals surface area contributed by atoms with Crippen LogP contribution in [0.1, 0.15) is 6.92 Å². The van der Waals surface area contributed by atoms with Gasteiger partial charge in [0, 0.05) is 6.61 Å². The van der Waals surface area contributed by atoms with Crippen molar-refractivity contribution in [3.8, 4) is 0 Å². The lowest BCUT2D eigenvalue weighted by atomic mass is 10.7. The summed E-state index contributed by atoms with van der Waals surface area (Å²) in [6.07, 6.45) is -1.04. The highest BCUT2D eigenvalue weighted by molar-refractivity contribution is 4.56. The molecule has 0 saturated heterocycles. The molecule has 0 saturated carbocycles. The first-order valence-electron chi connectivity index (χ1n) is 2.01. The predicted octanol–water partition coefficient (Wildman–Crippen LogP) is 1.45. The zero-order valence-corrected chi connectivity index (χ0v) is 4.08. The average Bonchev–Trinajstić information content (AvgIpc) is 1.68. The summed E-state index contributed by atoms with van der Waals surface area (Å²) in [7, 11) is 0. The lowest BCUT2D eigenvalue weighted by Crippen LogP contribution is -1.97. The minimum atomic E-state index is -1.13. The largest absolute Gasteiger partial charge is 0.340 e. The molecule has 1 nitrogen and oxygen atoms in total. The third-order valence-corrected chi connectivity index (χ3v) is 0.406. The Morgan fingerprint density at radius 1 is 1.71 bits per heavy atom. The molecule has 0 amide bonds. The molecule has 0 aromatic rings. The zero-order valence-electron chi connectivity index (χ0n) is 4.08. The van der Waals surface area contributed by atoms with Crippen LogP contribution in [0, 0.1) is 6.36 Å². The Bertz CT molecular complexity index is 40.7. The van der Waals surface area contributed by atoms with Crippen molar-refractivity contribution in [2.24, 2.45) is 0 Å². The SMILES string of the molecule is CCO[C](F)CF. The molecule has 0 aromatic carbocycles. The first-order chi connectivity index (χ1) is 3.31. The van der Waals surface area contributed by atoms with Gasteiger partial charge in [-0.05, 0) is 6.92 Å². The number of hydrogen-bond acceptors (Lipinski definition) is 1. The van der Waals surface area contributed by atoms with Gasteiger partial charge in [-0.2, -0.15) is 0 Å². The van der Waals surface area contributed by atoms with Crippen LogP contribution in [0.3, 0.4) is 0 Å². The summed E-state index contributed by atoms with van der Waals surface area (Å²) < 4.78 is 26.6. The van der Waals surface area contributed by atoms with E-state index in [0.29, 0.717) is 0 Å². The fraction of sp³-hybridized carbons (Fsp3) is 0.750. The molecule has 0 aromatic heterocycles. The molecule has 0 N–H and O–H groups in total. The molecule has 0 spiro atoms. The fourth-order valence-electron chi connectivity index (χ4n) is 0.195. The third kappa shape index (κ3) is 3.66. The maximum absolute atomic E-state index is 11.5. The second kappa shape index (κ2) is 3.99.